The molecule has 0 saturated carbocycles. The van der Waals surface area contributed by atoms with Crippen molar-refractivity contribution in [1.29, 1.82) is 0 Å². The molecule has 6 N–H and O–H groups in total. The van der Waals surface area contributed by atoms with Crippen molar-refractivity contribution in [2.75, 3.05) is 11.5 Å². The number of fused-ring (bicyclic) bond motifs is 1. The highest BCUT2D eigenvalue weighted by molar-refractivity contribution is 6.33. The van der Waals surface area contributed by atoms with Crippen LogP contribution in [0.25, 0.3) is 0 Å². The number of nitrogen functional groups attached to an aromatic ring is 2. The summed E-state index contributed by atoms with van der Waals surface area (Å²) in [6.45, 7) is 7.25. The van der Waals surface area contributed by atoms with Gasteiger partial charge in [0.1, 0.15) is 28.7 Å². The summed E-state index contributed by atoms with van der Waals surface area (Å²) in [4.78, 5) is 80.3. The van der Waals surface area contributed by atoms with E-state index in [1.807, 2.05) is 13.8 Å². The number of carbonyl (C=O) groups is 1. The van der Waals surface area contributed by atoms with Crippen LogP contribution in [0.4, 0.5) is 17.3 Å². The highest BCUT2D eigenvalue weighted by atomic mass is 35.5. The molecule has 0 atom stereocenters. The van der Waals surface area contributed by atoms with Crippen LogP contribution in [0.2, 0.25) is 10.3 Å². The normalized spacial score (nSPS) is 11.7. The molecule has 5 heterocycles. The first-order valence-electron chi connectivity index (χ1n) is 12.5. The third kappa shape index (κ3) is 7.28. The first kappa shape index (κ1) is 32.6. The minimum atomic E-state index is -0.639. The van der Waals surface area contributed by atoms with E-state index in [2.05, 4.69) is 34.9 Å². The maximum Gasteiger partial charge on any atom is 0.330 e. The average molecular weight is 632 g/mol. The van der Waals surface area contributed by atoms with E-state index < -0.39 is 22.5 Å². The van der Waals surface area contributed by atoms with Crippen molar-refractivity contribution in [3.63, 3.8) is 0 Å². The summed E-state index contributed by atoms with van der Waals surface area (Å²) in [5.41, 5.74) is 10.3. The van der Waals surface area contributed by atoms with E-state index in [1.54, 1.807) is 13.8 Å². The molecule has 43 heavy (non-hydrogen) atoms. The Morgan fingerprint density at radius 2 is 1.35 bits per heavy atom. The van der Waals surface area contributed by atoms with Gasteiger partial charge in [-0.15, -0.1) is 0 Å². The summed E-state index contributed by atoms with van der Waals surface area (Å²) >= 11 is 11.4. The topological polar surface area (TPSA) is 243 Å². The van der Waals surface area contributed by atoms with Gasteiger partial charge in [0.25, 0.3) is 11.1 Å². The van der Waals surface area contributed by atoms with Gasteiger partial charge in [0.05, 0.1) is 11.3 Å². The second-order valence-corrected chi connectivity index (χ2v) is 10.0. The van der Waals surface area contributed by atoms with Gasteiger partial charge in [0.2, 0.25) is 0 Å². The van der Waals surface area contributed by atoms with Gasteiger partial charge in [0.15, 0.2) is 16.6 Å². The van der Waals surface area contributed by atoms with Crippen LogP contribution in [0.5, 0.6) is 0 Å². The monoisotopic (exact) mass is 631 g/mol. The standard InChI is InChI=1S/C13H12ClN5O2.C7H12N4O2.C5H3ClN2O/c1-6(2)19-11-7(12(20)18-13(19)21)5-8(17-11)9-10(14)16-4-3-15-9;1-3(2)11-5(9)4(8)6(12)10-7(11)13;6-5-4(3-9)7-1-2-8-5/h3-4,6H,5H2,1-2H3,(H,18,20,21);3H,8-9H2,1-2H3,(H,10,12,13);1-3H. The fourth-order valence-corrected chi connectivity index (χ4v) is 4.19. The summed E-state index contributed by atoms with van der Waals surface area (Å²) in [5, 5.41) is 0.367. The van der Waals surface area contributed by atoms with Crippen LogP contribution in [-0.2, 0) is 6.42 Å². The molecule has 18 heteroatoms. The molecule has 226 valence electrons. The lowest BCUT2D eigenvalue weighted by atomic mass is 10.1. The van der Waals surface area contributed by atoms with E-state index >= 15 is 0 Å². The lowest BCUT2D eigenvalue weighted by Gasteiger charge is -2.13. The molecule has 1 aliphatic rings. The van der Waals surface area contributed by atoms with Gasteiger partial charge in [-0.1, -0.05) is 23.2 Å². The molecule has 4 aromatic heterocycles. The lowest BCUT2D eigenvalue weighted by molar-refractivity contribution is 0.111. The van der Waals surface area contributed by atoms with Gasteiger partial charge in [-0.2, -0.15) is 0 Å². The summed E-state index contributed by atoms with van der Waals surface area (Å²) in [7, 11) is 0. The van der Waals surface area contributed by atoms with Crippen molar-refractivity contribution in [1.82, 2.24) is 39.0 Å². The first-order chi connectivity index (χ1) is 20.3. The Morgan fingerprint density at radius 1 is 0.814 bits per heavy atom. The predicted molar refractivity (Wildman–Crippen MR) is 162 cm³/mol. The average Bonchev–Trinajstić information content (AvgIpc) is 3.38. The van der Waals surface area contributed by atoms with Gasteiger partial charge >= 0.3 is 11.4 Å². The van der Waals surface area contributed by atoms with Crippen molar-refractivity contribution in [3.8, 4) is 0 Å². The van der Waals surface area contributed by atoms with Crippen LogP contribution in [0.1, 0.15) is 61.5 Å². The third-order valence-corrected chi connectivity index (χ3v) is 6.33. The molecular weight excluding hydrogens is 605 g/mol. The number of anilines is 2. The number of nitrogens with one attached hydrogen (secondary N) is 2. The van der Waals surface area contributed by atoms with Crippen LogP contribution < -0.4 is 34.0 Å². The summed E-state index contributed by atoms with van der Waals surface area (Å²) in [6, 6.07) is -0.254. The largest absolute Gasteiger partial charge is 0.391 e. The number of aromatic nitrogens is 8. The molecule has 0 unspecified atom stereocenters. The van der Waals surface area contributed by atoms with Crippen LogP contribution >= 0.6 is 23.2 Å². The Morgan fingerprint density at radius 3 is 1.88 bits per heavy atom. The minimum absolute atomic E-state index is 0.0174. The number of nitrogens with zero attached hydrogens (tertiary/aromatic N) is 7. The number of aliphatic imine (C=N–C) groups is 1. The summed E-state index contributed by atoms with van der Waals surface area (Å²) < 4.78 is 2.69. The second kappa shape index (κ2) is 13.8. The zero-order chi connectivity index (χ0) is 32.0. The van der Waals surface area contributed by atoms with Gasteiger partial charge in [-0.25, -0.2) is 29.5 Å². The Labute approximate surface area is 252 Å². The zero-order valence-corrected chi connectivity index (χ0v) is 24.8. The zero-order valence-electron chi connectivity index (χ0n) is 23.3. The molecule has 0 fully saturated rings. The van der Waals surface area contributed by atoms with Crippen molar-refractivity contribution < 1.29 is 4.79 Å². The number of hydrogen-bond acceptors (Lipinski definition) is 12. The molecule has 16 nitrogen and oxygen atoms in total. The third-order valence-electron chi connectivity index (χ3n) is 5.77. The number of aromatic amines is 2. The molecule has 4 aromatic rings. The Balaban J connectivity index is 0.000000196. The van der Waals surface area contributed by atoms with Gasteiger partial charge in [-0.3, -0.25) is 38.5 Å². The lowest BCUT2D eigenvalue weighted by Crippen LogP contribution is -2.34. The Hall–Kier alpha value is -4.96. The maximum atomic E-state index is 12.0. The van der Waals surface area contributed by atoms with E-state index in [-0.39, 0.29) is 46.0 Å². The Bertz CT molecular complexity index is 1930. The molecule has 0 amide bonds. The number of nitrogens with two attached hydrogens (primary N) is 2. The quantitative estimate of drug-likeness (QED) is 0.235. The maximum absolute atomic E-state index is 12.0. The van der Waals surface area contributed by atoms with Crippen molar-refractivity contribution in [3.05, 3.63) is 93.7 Å². The smallest absolute Gasteiger partial charge is 0.330 e. The fourth-order valence-electron chi connectivity index (χ4n) is 3.83. The number of hydrogen-bond donors (Lipinski definition) is 4. The molecule has 0 radical (unpaired) electrons. The molecule has 0 saturated heterocycles. The van der Waals surface area contributed by atoms with E-state index in [4.69, 9.17) is 34.7 Å². The molecule has 0 aliphatic carbocycles. The molecular formula is C25H27Cl2N11O5. The van der Waals surface area contributed by atoms with Gasteiger partial charge in [0, 0.05) is 43.3 Å². The van der Waals surface area contributed by atoms with Crippen molar-refractivity contribution in [2.24, 2.45) is 4.99 Å². The van der Waals surface area contributed by atoms with Crippen LogP contribution in [0, 0.1) is 0 Å². The minimum Gasteiger partial charge on any atom is -0.391 e. The predicted octanol–water partition coefficient (Wildman–Crippen LogP) is 1.46. The molecule has 0 spiro atoms. The van der Waals surface area contributed by atoms with Gasteiger partial charge in [-0.05, 0) is 27.7 Å². The number of H-pyrrole nitrogens is 2. The first-order valence-corrected chi connectivity index (χ1v) is 13.3. The molecule has 0 aromatic carbocycles. The highest BCUT2D eigenvalue weighted by Crippen LogP contribution is 2.28. The molecule has 0 bridgehead atoms. The van der Waals surface area contributed by atoms with E-state index in [9.17, 15) is 24.0 Å². The SMILES string of the molecule is CC(C)n1c(N)c(N)c(=O)[nH]c1=O.CC(C)n1c2c(c(=O)[nH]c1=O)CC(c1nccnc1Cl)=N2.O=Cc1nccnc1Cl. The second-order valence-electron chi connectivity index (χ2n) is 9.33. The molecule has 1 aliphatic heterocycles. The van der Waals surface area contributed by atoms with E-state index in [0.29, 0.717) is 29.1 Å². The number of rotatable bonds is 4. The summed E-state index contributed by atoms with van der Waals surface area (Å²) in [5.74, 6) is 0.388. The number of carbonyl (C=O) groups excluding carboxylic acids is 1. The van der Waals surface area contributed by atoms with Crippen LogP contribution in [0.3, 0.4) is 0 Å². The van der Waals surface area contributed by atoms with Crippen molar-refractivity contribution in [2.45, 2.75) is 46.2 Å². The summed E-state index contributed by atoms with van der Waals surface area (Å²) in [6.07, 6.45) is 6.66. The van der Waals surface area contributed by atoms with Gasteiger partial charge < -0.3 is 11.5 Å². The Kier molecular flexibility index (Phi) is 10.4. The fraction of sp³-hybridized carbons (Fsp3) is 0.280. The number of aldehydes is 1. The highest BCUT2D eigenvalue weighted by Gasteiger charge is 2.26. The van der Waals surface area contributed by atoms with Crippen molar-refractivity contribution >= 4 is 52.5 Å². The molecule has 5 rings (SSSR count). The van der Waals surface area contributed by atoms with E-state index in [0.717, 1.165) is 0 Å². The van der Waals surface area contributed by atoms with E-state index in [1.165, 1.54) is 33.9 Å². The van der Waals surface area contributed by atoms with Crippen LogP contribution in [-0.4, -0.2) is 51.0 Å². The van der Waals surface area contributed by atoms with Crippen LogP contribution in [0.15, 0.2) is 49.0 Å². The number of halogens is 2.